The summed E-state index contributed by atoms with van der Waals surface area (Å²) in [6.07, 6.45) is -2.91. The van der Waals surface area contributed by atoms with Crippen LogP contribution >= 0.6 is 15.9 Å². The molecule has 0 saturated carbocycles. The number of hydrogen-bond donors (Lipinski definition) is 12. The van der Waals surface area contributed by atoms with E-state index in [1.165, 1.54) is 12.1 Å². The highest BCUT2D eigenvalue weighted by Gasteiger charge is 2.76. The minimum atomic E-state index is -4.26. The third-order valence-corrected chi connectivity index (χ3v) is 6.25. The summed E-state index contributed by atoms with van der Waals surface area (Å²) in [4.78, 5) is 7.89. The van der Waals surface area contributed by atoms with E-state index in [4.69, 9.17) is 4.74 Å². The zero-order valence-electron chi connectivity index (χ0n) is 19.3. The molecule has 212 valence electrons. The molecule has 3 aromatic rings. The Kier molecular flexibility index (Phi) is 7.22. The Morgan fingerprint density at radius 2 is 1.51 bits per heavy atom. The lowest BCUT2D eigenvalue weighted by Gasteiger charge is -2.53. The molecule has 0 aliphatic carbocycles. The zero-order chi connectivity index (χ0) is 29.0. The smallest absolute Gasteiger partial charge is 0.433 e. The SMILES string of the molecule is OC(O)(O)Oc1cc2c(Nc3ccc(Br)cc3F)ncnc2cc1OC(O)(O)C1(O)C(O)(O)CNCC1(O)O. The van der Waals surface area contributed by atoms with Crippen LogP contribution in [0.1, 0.15) is 0 Å². The van der Waals surface area contributed by atoms with Gasteiger partial charge in [0.1, 0.15) is 18.0 Å². The molecule has 0 spiro atoms. The van der Waals surface area contributed by atoms with E-state index in [9.17, 15) is 55.5 Å². The van der Waals surface area contributed by atoms with Crippen LogP contribution in [0.15, 0.2) is 41.1 Å². The molecule has 12 N–H and O–H groups in total. The van der Waals surface area contributed by atoms with Gasteiger partial charge in [0, 0.05) is 15.9 Å². The summed E-state index contributed by atoms with van der Waals surface area (Å²) in [5.41, 5.74) is -4.24. The number of halogens is 2. The minimum Gasteiger partial charge on any atom is -0.433 e. The molecule has 1 aliphatic heterocycles. The lowest BCUT2D eigenvalue weighted by molar-refractivity contribution is -0.501. The molecule has 2 aromatic carbocycles. The van der Waals surface area contributed by atoms with Gasteiger partial charge in [-0.25, -0.2) is 14.4 Å². The first-order valence-corrected chi connectivity index (χ1v) is 11.5. The standard InChI is InChI=1S/C21H22BrFN4O12/c22-9-1-2-12(11(23)3-9)27-16-10-4-14(39-21(35,36)37)15(5-13(10)25-8-26-16)38-20(33,34)19(32)17(28,29)6-24-7-18(19,30)31/h1-5,8,24,28-37H,6-7H2,(H,25,26,27). The predicted molar refractivity (Wildman–Crippen MR) is 127 cm³/mol. The molecular formula is C21H22BrFN4O12. The number of rotatable bonds is 7. The van der Waals surface area contributed by atoms with Crippen molar-refractivity contribution in [1.82, 2.24) is 15.3 Å². The van der Waals surface area contributed by atoms with Gasteiger partial charge in [-0.2, -0.15) is 0 Å². The summed E-state index contributed by atoms with van der Waals surface area (Å²) in [6, 6.07) is 5.72. The molecule has 0 radical (unpaired) electrons. The van der Waals surface area contributed by atoms with Crippen LogP contribution < -0.4 is 20.1 Å². The van der Waals surface area contributed by atoms with E-state index < -0.39 is 59.7 Å². The van der Waals surface area contributed by atoms with Crippen LogP contribution in [0.4, 0.5) is 15.9 Å². The van der Waals surface area contributed by atoms with Crippen LogP contribution in [0.5, 0.6) is 11.5 Å². The Hall–Kier alpha value is -2.85. The molecule has 0 bridgehead atoms. The number of anilines is 2. The highest BCUT2D eigenvalue weighted by atomic mass is 79.9. The van der Waals surface area contributed by atoms with Crippen molar-refractivity contribution in [2.45, 2.75) is 29.3 Å². The van der Waals surface area contributed by atoms with Crippen LogP contribution in [-0.4, -0.2) is 103 Å². The van der Waals surface area contributed by atoms with Crippen molar-refractivity contribution in [2.75, 3.05) is 18.4 Å². The van der Waals surface area contributed by atoms with Gasteiger partial charge in [0.15, 0.2) is 11.5 Å². The summed E-state index contributed by atoms with van der Waals surface area (Å²) in [6.45, 7) is -2.00. The molecule has 1 fully saturated rings. The monoisotopic (exact) mass is 620 g/mol. The van der Waals surface area contributed by atoms with Crippen molar-refractivity contribution in [1.29, 1.82) is 0 Å². The van der Waals surface area contributed by atoms with Crippen LogP contribution in [0.25, 0.3) is 10.9 Å². The van der Waals surface area contributed by atoms with E-state index in [0.29, 0.717) is 4.47 Å². The van der Waals surface area contributed by atoms with E-state index >= 15 is 0 Å². The number of nitrogens with one attached hydrogen (secondary N) is 2. The van der Waals surface area contributed by atoms with E-state index in [1.54, 1.807) is 0 Å². The van der Waals surface area contributed by atoms with Crippen LogP contribution in [0.2, 0.25) is 0 Å². The van der Waals surface area contributed by atoms with E-state index in [1.807, 2.05) is 0 Å². The number of piperidine rings is 1. The lowest BCUT2D eigenvalue weighted by atomic mass is 9.78. The molecule has 1 aliphatic rings. The van der Waals surface area contributed by atoms with Crippen molar-refractivity contribution >= 4 is 38.3 Å². The number of aromatic nitrogens is 2. The number of aliphatic hydroxyl groups is 10. The Bertz CT molecular complexity index is 1390. The van der Waals surface area contributed by atoms with Gasteiger partial charge in [-0.1, -0.05) is 15.9 Å². The normalized spacial score (nSPS) is 18.6. The molecule has 39 heavy (non-hydrogen) atoms. The van der Waals surface area contributed by atoms with E-state index in [2.05, 4.69) is 41.3 Å². The number of hydrogen-bond acceptors (Lipinski definition) is 16. The summed E-state index contributed by atoms with van der Waals surface area (Å²) >= 11 is 3.12. The lowest BCUT2D eigenvalue weighted by Crippen LogP contribution is -2.86. The highest BCUT2D eigenvalue weighted by Crippen LogP contribution is 2.44. The second-order valence-electron chi connectivity index (χ2n) is 8.62. The molecule has 18 heteroatoms. The fourth-order valence-electron chi connectivity index (χ4n) is 3.93. The molecule has 1 aromatic heterocycles. The molecular weight excluding hydrogens is 599 g/mol. The molecule has 4 rings (SSSR count). The predicted octanol–water partition coefficient (Wildman–Crippen LogP) is -3.04. The van der Waals surface area contributed by atoms with Gasteiger partial charge in [-0.15, -0.1) is 0 Å². The maximum atomic E-state index is 14.4. The number of ether oxygens (including phenoxy) is 2. The van der Waals surface area contributed by atoms with Gasteiger partial charge in [-0.3, -0.25) is 0 Å². The van der Waals surface area contributed by atoms with Crippen LogP contribution in [0, 0.1) is 5.82 Å². The first-order valence-electron chi connectivity index (χ1n) is 10.7. The maximum Gasteiger partial charge on any atom is 0.453 e. The molecule has 16 nitrogen and oxygen atoms in total. The Balaban J connectivity index is 1.83. The number of β-amino-alcohol motifs (C(OH)–C–C–N with tert-alkyl or cyclic N) is 4. The summed E-state index contributed by atoms with van der Waals surface area (Å²) in [5, 5.41) is 106. The summed E-state index contributed by atoms with van der Waals surface area (Å²) < 4.78 is 24.3. The van der Waals surface area contributed by atoms with Gasteiger partial charge in [0.05, 0.1) is 24.3 Å². The average Bonchev–Trinajstić information content (AvgIpc) is 2.78. The van der Waals surface area contributed by atoms with Crippen molar-refractivity contribution in [2.24, 2.45) is 0 Å². The van der Waals surface area contributed by atoms with Crippen LogP contribution in [-0.2, 0) is 0 Å². The summed E-state index contributed by atoms with van der Waals surface area (Å²) in [7, 11) is 0. The molecule has 1 saturated heterocycles. The van der Waals surface area contributed by atoms with E-state index in [-0.39, 0.29) is 22.4 Å². The topological polar surface area (TPSA) is 271 Å². The second-order valence-corrected chi connectivity index (χ2v) is 9.54. The fraction of sp³-hybridized carbons (Fsp3) is 0.333. The Morgan fingerprint density at radius 3 is 2.10 bits per heavy atom. The van der Waals surface area contributed by atoms with Crippen molar-refractivity contribution in [3.63, 3.8) is 0 Å². The molecule has 2 heterocycles. The van der Waals surface area contributed by atoms with Gasteiger partial charge in [0.25, 0.3) is 5.60 Å². The molecule has 0 atom stereocenters. The first kappa shape index (κ1) is 29.1. The maximum absolute atomic E-state index is 14.4. The summed E-state index contributed by atoms with van der Waals surface area (Å²) in [5.74, 6) is -14.2. The quantitative estimate of drug-likeness (QED) is 0.117. The zero-order valence-corrected chi connectivity index (χ0v) is 20.9. The third kappa shape index (κ3) is 5.33. The molecule has 0 unspecified atom stereocenters. The Morgan fingerprint density at radius 1 is 0.897 bits per heavy atom. The van der Waals surface area contributed by atoms with Gasteiger partial charge < -0.3 is 71.2 Å². The van der Waals surface area contributed by atoms with Gasteiger partial charge in [-0.05, 0) is 24.3 Å². The Labute approximate surface area is 224 Å². The highest BCUT2D eigenvalue weighted by molar-refractivity contribution is 9.10. The minimum absolute atomic E-state index is 0.0502. The first-order chi connectivity index (χ1) is 17.9. The molecule has 0 amide bonds. The van der Waals surface area contributed by atoms with Crippen molar-refractivity contribution < 1.29 is 64.9 Å². The fourth-order valence-corrected chi connectivity index (χ4v) is 4.26. The van der Waals surface area contributed by atoms with Crippen molar-refractivity contribution in [3.8, 4) is 11.5 Å². The van der Waals surface area contributed by atoms with Crippen molar-refractivity contribution in [3.05, 3.63) is 46.9 Å². The van der Waals surface area contributed by atoms with E-state index in [0.717, 1.165) is 24.5 Å². The number of nitrogens with zero attached hydrogens (tertiary/aromatic N) is 2. The number of benzene rings is 2. The third-order valence-electron chi connectivity index (χ3n) is 5.76. The largest absolute Gasteiger partial charge is 0.453 e. The number of fused-ring (bicyclic) bond motifs is 1. The second kappa shape index (κ2) is 9.66. The average molecular weight is 621 g/mol. The van der Waals surface area contributed by atoms with Gasteiger partial charge >= 0.3 is 12.1 Å². The van der Waals surface area contributed by atoms with Crippen LogP contribution in [0.3, 0.4) is 0 Å². The van der Waals surface area contributed by atoms with Gasteiger partial charge in [0.2, 0.25) is 11.6 Å².